The molecule has 6 nitrogen and oxygen atoms in total. The van der Waals surface area contributed by atoms with E-state index in [2.05, 4.69) is 29.2 Å². The minimum absolute atomic E-state index is 0.215. The van der Waals surface area contributed by atoms with Gasteiger partial charge in [0, 0.05) is 37.1 Å². The SMILES string of the molecule is CCN(CC)c1ccc(NC(=O)c2ccc(=O)n(CC)n2)cc1. The summed E-state index contributed by atoms with van der Waals surface area (Å²) in [5.41, 5.74) is 1.82. The van der Waals surface area contributed by atoms with Crippen molar-refractivity contribution in [2.24, 2.45) is 0 Å². The van der Waals surface area contributed by atoms with Gasteiger partial charge < -0.3 is 10.2 Å². The molecule has 1 aromatic heterocycles. The number of carbonyl (C=O) groups excluding carboxylic acids is 1. The van der Waals surface area contributed by atoms with Gasteiger partial charge in [0.15, 0.2) is 0 Å². The van der Waals surface area contributed by atoms with Gasteiger partial charge in [-0.2, -0.15) is 5.10 Å². The van der Waals surface area contributed by atoms with E-state index in [1.54, 1.807) is 0 Å². The highest BCUT2D eigenvalue weighted by Gasteiger charge is 2.10. The lowest BCUT2D eigenvalue weighted by atomic mass is 10.2. The molecule has 2 rings (SSSR count). The topological polar surface area (TPSA) is 67.2 Å². The van der Waals surface area contributed by atoms with E-state index in [1.807, 2.05) is 31.2 Å². The molecule has 0 unspecified atom stereocenters. The van der Waals surface area contributed by atoms with Gasteiger partial charge in [0.2, 0.25) is 0 Å². The third-order valence-corrected chi connectivity index (χ3v) is 3.65. The van der Waals surface area contributed by atoms with Crippen molar-refractivity contribution in [1.82, 2.24) is 9.78 Å². The lowest BCUT2D eigenvalue weighted by Gasteiger charge is -2.21. The number of hydrogen-bond acceptors (Lipinski definition) is 4. The maximum absolute atomic E-state index is 12.2. The Bertz CT molecular complexity index is 718. The maximum atomic E-state index is 12.2. The second-order valence-electron chi connectivity index (χ2n) is 5.05. The lowest BCUT2D eigenvalue weighted by molar-refractivity contribution is 0.102. The highest BCUT2D eigenvalue weighted by atomic mass is 16.2. The van der Waals surface area contributed by atoms with Gasteiger partial charge in [-0.1, -0.05) is 0 Å². The zero-order valence-corrected chi connectivity index (χ0v) is 13.7. The number of nitrogens with zero attached hydrogens (tertiary/aromatic N) is 3. The van der Waals surface area contributed by atoms with E-state index in [-0.39, 0.29) is 17.2 Å². The van der Waals surface area contributed by atoms with Crippen molar-refractivity contribution in [2.45, 2.75) is 27.3 Å². The summed E-state index contributed by atoms with van der Waals surface area (Å²) in [4.78, 5) is 26.0. The summed E-state index contributed by atoms with van der Waals surface area (Å²) in [5.74, 6) is -0.331. The summed E-state index contributed by atoms with van der Waals surface area (Å²) in [6.45, 7) is 8.32. The Morgan fingerprint density at radius 2 is 1.74 bits per heavy atom. The molecular weight excluding hydrogens is 292 g/mol. The van der Waals surface area contributed by atoms with Crippen LogP contribution in [-0.2, 0) is 6.54 Å². The van der Waals surface area contributed by atoms with E-state index < -0.39 is 0 Å². The van der Waals surface area contributed by atoms with Crippen molar-refractivity contribution in [3.63, 3.8) is 0 Å². The first-order valence-electron chi connectivity index (χ1n) is 7.83. The molecule has 0 atom stereocenters. The molecule has 0 saturated heterocycles. The normalized spacial score (nSPS) is 10.4. The second-order valence-corrected chi connectivity index (χ2v) is 5.05. The Kier molecular flexibility index (Phi) is 5.51. The molecule has 0 bridgehead atoms. The van der Waals surface area contributed by atoms with E-state index in [9.17, 15) is 9.59 Å². The molecule has 0 spiro atoms. The quantitative estimate of drug-likeness (QED) is 0.889. The maximum Gasteiger partial charge on any atom is 0.276 e. The summed E-state index contributed by atoms with van der Waals surface area (Å²) in [5, 5.41) is 6.84. The molecular formula is C17H22N4O2. The van der Waals surface area contributed by atoms with Gasteiger partial charge in [-0.15, -0.1) is 0 Å². The molecule has 2 aromatic rings. The van der Waals surface area contributed by atoms with Crippen molar-refractivity contribution in [3.05, 3.63) is 52.4 Å². The first kappa shape index (κ1) is 16.7. The van der Waals surface area contributed by atoms with Crippen LogP contribution in [0.3, 0.4) is 0 Å². The molecule has 0 radical (unpaired) electrons. The van der Waals surface area contributed by atoms with E-state index in [0.717, 1.165) is 18.8 Å². The molecule has 122 valence electrons. The number of amides is 1. The van der Waals surface area contributed by atoms with Gasteiger partial charge in [0.1, 0.15) is 5.69 Å². The number of carbonyl (C=O) groups is 1. The van der Waals surface area contributed by atoms with Gasteiger partial charge in [0.05, 0.1) is 0 Å². The summed E-state index contributed by atoms with van der Waals surface area (Å²) in [7, 11) is 0. The highest BCUT2D eigenvalue weighted by molar-refractivity contribution is 6.02. The number of aryl methyl sites for hydroxylation is 1. The molecule has 0 saturated carbocycles. The monoisotopic (exact) mass is 314 g/mol. The number of aromatic nitrogens is 2. The minimum atomic E-state index is -0.331. The Hall–Kier alpha value is -2.63. The molecule has 1 amide bonds. The summed E-state index contributed by atoms with van der Waals surface area (Å²) in [6, 6.07) is 10.5. The highest BCUT2D eigenvalue weighted by Crippen LogP contribution is 2.18. The van der Waals surface area contributed by atoms with E-state index in [0.29, 0.717) is 12.2 Å². The third-order valence-electron chi connectivity index (χ3n) is 3.65. The van der Waals surface area contributed by atoms with Crippen LogP contribution < -0.4 is 15.8 Å². The van der Waals surface area contributed by atoms with Gasteiger partial charge >= 0.3 is 0 Å². The molecule has 1 N–H and O–H groups in total. The predicted molar refractivity (Wildman–Crippen MR) is 92.1 cm³/mol. The molecule has 0 aliphatic carbocycles. The Balaban J connectivity index is 2.12. The number of rotatable bonds is 6. The number of benzene rings is 1. The molecule has 6 heteroatoms. The van der Waals surface area contributed by atoms with Crippen molar-refractivity contribution in [1.29, 1.82) is 0 Å². The van der Waals surface area contributed by atoms with Gasteiger partial charge in [-0.25, -0.2) is 4.68 Å². The van der Waals surface area contributed by atoms with E-state index in [4.69, 9.17) is 0 Å². The Morgan fingerprint density at radius 3 is 2.30 bits per heavy atom. The largest absolute Gasteiger partial charge is 0.372 e. The number of hydrogen-bond donors (Lipinski definition) is 1. The van der Waals surface area contributed by atoms with Crippen LogP contribution in [0.15, 0.2) is 41.2 Å². The second kappa shape index (κ2) is 7.58. The van der Waals surface area contributed by atoms with Crippen LogP contribution in [0.2, 0.25) is 0 Å². The van der Waals surface area contributed by atoms with Gasteiger partial charge in [0.25, 0.3) is 11.5 Å². The predicted octanol–water partition coefficient (Wildman–Crippen LogP) is 2.36. The fourth-order valence-corrected chi connectivity index (χ4v) is 2.34. The molecule has 0 fully saturated rings. The fraction of sp³-hybridized carbons (Fsp3) is 0.353. The standard InChI is InChI=1S/C17H22N4O2/c1-4-20(5-2)14-9-7-13(8-10-14)18-17(23)15-11-12-16(22)21(6-3)19-15/h7-12H,4-6H2,1-3H3,(H,18,23). The first-order valence-corrected chi connectivity index (χ1v) is 7.83. The lowest BCUT2D eigenvalue weighted by Crippen LogP contribution is -2.25. The molecule has 1 heterocycles. The molecule has 0 aliphatic rings. The van der Waals surface area contributed by atoms with Gasteiger partial charge in [-0.05, 0) is 51.1 Å². The number of anilines is 2. The van der Waals surface area contributed by atoms with Crippen molar-refractivity contribution in [2.75, 3.05) is 23.3 Å². The zero-order chi connectivity index (χ0) is 16.8. The smallest absolute Gasteiger partial charge is 0.276 e. The van der Waals surface area contributed by atoms with Crippen LogP contribution in [0.1, 0.15) is 31.3 Å². The van der Waals surface area contributed by atoms with Crippen molar-refractivity contribution >= 4 is 17.3 Å². The Morgan fingerprint density at radius 1 is 1.09 bits per heavy atom. The summed E-state index contributed by atoms with van der Waals surface area (Å²) < 4.78 is 1.26. The average Bonchev–Trinajstić information content (AvgIpc) is 2.57. The molecule has 23 heavy (non-hydrogen) atoms. The number of nitrogens with one attached hydrogen (secondary N) is 1. The average molecular weight is 314 g/mol. The third kappa shape index (κ3) is 3.97. The van der Waals surface area contributed by atoms with Gasteiger partial charge in [-0.3, -0.25) is 9.59 Å². The Labute approximate surface area is 135 Å². The van der Waals surface area contributed by atoms with Crippen LogP contribution >= 0.6 is 0 Å². The van der Waals surface area contributed by atoms with Crippen molar-refractivity contribution < 1.29 is 4.79 Å². The van der Waals surface area contributed by atoms with E-state index >= 15 is 0 Å². The van der Waals surface area contributed by atoms with Crippen LogP contribution in [-0.4, -0.2) is 28.8 Å². The summed E-state index contributed by atoms with van der Waals surface area (Å²) in [6.07, 6.45) is 0. The summed E-state index contributed by atoms with van der Waals surface area (Å²) >= 11 is 0. The minimum Gasteiger partial charge on any atom is -0.372 e. The van der Waals surface area contributed by atoms with Crippen molar-refractivity contribution in [3.8, 4) is 0 Å². The first-order chi connectivity index (χ1) is 11.1. The zero-order valence-electron chi connectivity index (χ0n) is 13.7. The fourth-order valence-electron chi connectivity index (χ4n) is 2.34. The van der Waals surface area contributed by atoms with Crippen LogP contribution in [0, 0.1) is 0 Å². The molecule has 0 aliphatic heterocycles. The molecule has 1 aromatic carbocycles. The van der Waals surface area contributed by atoms with Crippen LogP contribution in [0.25, 0.3) is 0 Å². The van der Waals surface area contributed by atoms with E-state index in [1.165, 1.54) is 16.8 Å². The van der Waals surface area contributed by atoms with Crippen LogP contribution in [0.5, 0.6) is 0 Å². The van der Waals surface area contributed by atoms with Crippen LogP contribution in [0.4, 0.5) is 11.4 Å².